The number of thiocarbonyl (C=S) groups is 2. The lowest BCUT2D eigenvalue weighted by atomic mass is 10.1. The van der Waals surface area contributed by atoms with E-state index in [4.69, 9.17) is 0 Å². The monoisotopic (exact) mass is 576 g/mol. The molecule has 0 bridgehead atoms. The molecular weight excluding hydrogens is 556 g/mol. The summed E-state index contributed by atoms with van der Waals surface area (Å²) in [4.78, 5) is 78.5. The van der Waals surface area contributed by atoms with Crippen LogP contribution in [-0.2, 0) is 28.8 Å². The van der Waals surface area contributed by atoms with Crippen molar-refractivity contribution in [1.29, 1.82) is 0 Å². The van der Waals surface area contributed by atoms with Crippen molar-refractivity contribution in [3.8, 4) is 5.88 Å². The predicted octanol–water partition coefficient (Wildman–Crippen LogP) is -3.36. The first kappa shape index (κ1) is 34.9. The van der Waals surface area contributed by atoms with Crippen LogP contribution in [0.25, 0.3) is 6.08 Å². The Morgan fingerprint density at radius 3 is 1.68 bits per heavy atom. The van der Waals surface area contributed by atoms with Crippen LogP contribution in [0.4, 0.5) is 0 Å². The lowest BCUT2D eigenvalue weighted by Crippen LogP contribution is -2.51. The number of carbonyl (C=O) groups excluding carboxylic acids is 6. The summed E-state index contributed by atoms with van der Waals surface area (Å²) < 4.78 is -0.0208. The molecule has 16 nitrogen and oxygen atoms in total. The molecule has 0 radical (unpaired) electrons. The third-order valence-corrected chi connectivity index (χ3v) is 4.06. The zero-order chi connectivity index (χ0) is 26.5. The first-order valence-electron chi connectivity index (χ1n) is 9.10. The maximum atomic E-state index is 11.6. The molecule has 0 unspecified atom stereocenters. The van der Waals surface area contributed by atoms with Crippen LogP contribution in [0, 0.1) is 4.77 Å². The number of amides is 4. The second kappa shape index (κ2) is 17.2. The molecule has 4 amide bonds. The van der Waals surface area contributed by atoms with Gasteiger partial charge in [-0.1, -0.05) is 6.08 Å². The molecule has 3 rings (SSSR count). The minimum Gasteiger partial charge on any atom is -0.494 e. The summed E-state index contributed by atoms with van der Waals surface area (Å²) in [6.07, 6.45) is 4.71. The van der Waals surface area contributed by atoms with E-state index in [1.54, 1.807) is 0 Å². The van der Waals surface area contributed by atoms with Crippen LogP contribution in [0.3, 0.4) is 0 Å². The molecule has 37 heavy (non-hydrogen) atoms. The SMILES string of the molecule is O.O.O=C1CC(=O)NC(=S)N1.O=C1NC(=S)NC(=O)C1=C/C=C/c1c(O)[nH]c(=S)[nH]c1=O.O=CCC=O. The van der Waals surface area contributed by atoms with E-state index in [0.717, 1.165) is 0 Å². The number of H-pyrrole nitrogens is 2. The van der Waals surface area contributed by atoms with Crippen molar-refractivity contribution in [2.45, 2.75) is 12.8 Å². The second-order valence-electron chi connectivity index (χ2n) is 6.02. The van der Waals surface area contributed by atoms with Gasteiger partial charge in [-0.2, -0.15) is 0 Å². The number of hydrogen-bond donors (Lipinski definition) is 7. The highest BCUT2D eigenvalue weighted by molar-refractivity contribution is 7.80. The lowest BCUT2D eigenvalue weighted by Gasteiger charge is -2.15. The molecule has 1 aromatic rings. The van der Waals surface area contributed by atoms with Crippen LogP contribution in [0.15, 0.2) is 22.5 Å². The van der Waals surface area contributed by atoms with Crippen molar-refractivity contribution in [2.75, 3.05) is 0 Å². The first-order chi connectivity index (χ1) is 16.5. The van der Waals surface area contributed by atoms with Gasteiger partial charge in [0.1, 0.15) is 24.6 Å². The van der Waals surface area contributed by atoms with Gasteiger partial charge in [-0.05, 0) is 48.8 Å². The molecule has 2 aliphatic rings. The van der Waals surface area contributed by atoms with Crippen LogP contribution in [0.2, 0.25) is 0 Å². The van der Waals surface area contributed by atoms with E-state index in [1.807, 2.05) is 0 Å². The van der Waals surface area contributed by atoms with Gasteiger partial charge in [0.15, 0.2) is 15.0 Å². The zero-order valence-corrected chi connectivity index (χ0v) is 20.8. The predicted molar refractivity (Wildman–Crippen MR) is 137 cm³/mol. The molecular formula is C18H20N6O10S3. The summed E-state index contributed by atoms with van der Waals surface area (Å²) in [6.45, 7) is 0. The molecule has 11 N–H and O–H groups in total. The minimum absolute atomic E-state index is 0. The van der Waals surface area contributed by atoms with Crippen LogP contribution in [-0.4, -0.2) is 72.5 Å². The summed E-state index contributed by atoms with van der Waals surface area (Å²) in [5.74, 6) is -2.41. The van der Waals surface area contributed by atoms with Gasteiger partial charge in [0.2, 0.25) is 17.7 Å². The Kier molecular flexibility index (Phi) is 16.2. The quantitative estimate of drug-likeness (QED) is 0.0610. The Morgan fingerprint density at radius 2 is 1.27 bits per heavy atom. The molecule has 19 heteroatoms. The van der Waals surface area contributed by atoms with Gasteiger partial charge in [0.25, 0.3) is 17.4 Å². The summed E-state index contributed by atoms with van der Waals surface area (Å²) in [5, 5.41) is 18.6. The number of aldehydes is 2. The molecule has 0 spiro atoms. The molecule has 2 fully saturated rings. The Bertz CT molecular complexity index is 1190. The highest BCUT2D eigenvalue weighted by Crippen LogP contribution is 2.09. The molecule has 0 atom stereocenters. The number of allylic oxidation sites excluding steroid dienone is 2. The average molecular weight is 577 g/mol. The zero-order valence-electron chi connectivity index (χ0n) is 18.3. The van der Waals surface area contributed by atoms with Crippen molar-refractivity contribution in [1.82, 2.24) is 31.2 Å². The van der Waals surface area contributed by atoms with Gasteiger partial charge in [0.05, 0.1) is 12.0 Å². The van der Waals surface area contributed by atoms with Crippen molar-refractivity contribution >= 4 is 89.2 Å². The number of nitrogens with one attached hydrogen (secondary N) is 6. The fraction of sp³-hybridized carbons (Fsp3) is 0.111. The number of carbonyl (C=O) groups is 6. The molecule has 0 aromatic carbocycles. The summed E-state index contributed by atoms with van der Waals surface area (Å²) in [7, 11) is 0. The lowest BCUT2D eigenvalue weighted by molar-refractivity contribution is -0.129. The Balaban J connectivity index is 0. The van der Waals surface area contributed by atoms with Crippen molar-refractivity contribution in [3.05, 3.63) is 38.4 Å². The number of rotatable bonds is 4. The molecule has 0 aliphatic carbocycles. The maximum absolute atomic E-state index is 11.6. The third-order valence-electron chi connectivity index (χ3n) is 3.45. The Labute approximate surface area is 222 Å². The van der Waals surface area contributed by atoms with E-state index < -0.39 is 23.3 Å². The van der Waals surface area contributed by atoms with E-state index >= 15 is 0 Å². The molecule has 1 aromatic heterocycles. The third kappa shape index (κ3) is 12.3. The highest BCUT2D eigenvalue weighted by atomic mass is 32.1. The van der Waals surface area contributed by atoms with Gasteiger partial charge in [0, 0.05) is 0 Å². The van der Waals surface area contributed by atoms with Gasteiger partial charge in [-0.15, -0.1) is 0 Å². The number of aromatic hydroxyl groups is 1. The second-order valence-corrected chi connectivity index (χ2v) is 7.24. The normalized spacial score (nSPS) is 14.0. The van der Waals surface area contributed by atoms with E-state index in [1.165, 1.54) is 18.2 Å². The summed E-state index contributed by atoms with van der Waals surface area (Å²) >= 11 is 13.8. The van der Waals surface area contributed by atoms with Crippen molar-refractivity contribution in [3.63, 3.8) is 0 Å². The number of aromatic amines is 2. The van der Waals surface area contributed by atoms with Crippen LogP contribution < -0.4 is 26.8 Å². The van der Waals surface area contributed by atoms with Crippen LogP contribution in [0.1, 0.15) is 18.4 Å². The van der Waals surface area contributed by atoms with Crippen molar-refractivity contribution in [2.24, 2.45) is 0 Å². The van der Waals surface area contributed by atoms with Gasteiger partial charge in [-0.3, -0.25) is 39.6 Å². The molecule has 0 saturated carbocycles. The topological polar surface area (TPSA) is 282 Å². The maximum Gasteiger partial charge on any atom is 0.263 e. The smallest absolute Gasteiger partial charge is 0.263 e. The van der Waals surface area contributed by atoms with E-state index in [2.05, 4.69) is 67.9 Å². The number of hydrogen-bond acceptors (Lipinski definition) is 11. The Morgan fingerprint density at radius 1 is 0.784 bits per heavy atom. The summed E-state index contributed by atoms with van der Waals surface area (Å²) in [5.41, 5.74) is -0.878. The number of aromatic nitrogens is 2. The fourth-order valence-corrected chi connectivity index (χ4v) is 2.67. The van der Waals surface area contributed by atoms with E-state index in [0.29, 0.717) is 12.6 Å². The molecule has 2 aliphatic heterocycles. The largest absolute Gasteiger partial charge is 0.494 e. The van der Waals surface area contributed by atoms with E-state index in [9.17, 15) is 38.7 Å². The average Bonchev–Trinajstić information content (AvgIpc) is 2.72. The molecule has 2 saturated heterocycles. The first-order valence-corrected chi connectivity index (χ1v) is 10.3. The van der Waals surface area contributed by atoms with Crippen LogP contribution >= 0.6 is 36.7 Å². The Hall–Kier alpha value is -4.30. The van der Waals surface area contributed by atoms with Gasteiger partial charge < -0.3 is 41.3 Å². The highest BCUT2D eigenvalue weighted by Gasteiger charge is 2.24. The minimum atomic E-state index is -0.654. The molecule has 200 valence electrons. The standard InChI is InChI=1S/C11H8N4O4S2.C4H4N2O2S.C3H4O2.2H2O/c16-6-4(7(17)13-10(20)12-6)2-1-3-5-8(18)14-11(21)15-9(5)19;7-2-1-3(8)6-4(9)5-2;4-2-1-3-5;;/h1-3H,(H2,12,13,16,17,20)(H3,14,15,18,19,21);1H2,(H2,5,6,7,8,9);2-3H,1H2;2*1H2/b3-1+;;;;. The van der Waals surface area contributed by atoms with Crippen molar-refractivity contribution < 1.29 is 44.8 Å². The summed E-state index contributed by atoms with van der Waals surface area (Å²) in [6, 6.07) is 0. The van der Waals surface area contributed by atoms with E-state index in [-0.39, 0.29) is 61.7 Å². The van der Waals surface area contributed by atoms with Gasteiger partial charge in [-0.25, -0.2) is 0 Å². The molecule has 3 heterocycles. The van der Waals surface area contributed by atoms with Crippen LogP contribution in [0.5, 0.6) is 5.88 Å². The van der Waals surface area contributed by atoms with Gasteiger partial charge >= 0.3 is 0 Å². The fourth-order valence-electron chi connectivity index (χ4n) is 2.06.